The van der Waals surface area contributed by atoms with Crippen molar-refractivity contribution in [1.82, 2.24) is 9.88 Å². The van der Waals surface area contributed by atoms with Crippen molar-refractivity contribution in [2.45, 2.75) is 39.0 Å². The zero-order valence-electron chi connectivity index (χ0n) is 12.0. The van der Waals surface area contributed by atoms with Crippen LogP contribution in [0.25, 0.3) is 0 Å². The van der Waals surface area contributed by atoms with Crippen molar-refractivity contribution in [3.05, 3.63) is 23.6 Å². The normalized spacial score (nSPS) is 16.4. The molecule has 4 nitrogen and oxygen atoms in total. The largest absolute Gasteiger partial charge is 0.368 e. The fourth-order valence-electron chi connectivity index (χ4n) is 2.52. The number of carbonyl (C=O) groups is 1. The van der Waals surface area contributed by atoms with E-state index < -0.39 is 5.82 Å². The molecule has 0 radical (unpaired) electrons. The summed E-state index contributed by atoms with van der Waals surface area (Å²) >= 11 is 0. The summed E-state index contributed by atoms with van der Waals surface area (Å²) < 4.78 is 14.3. The topological polar surface area (TPSA) is 45.2 Å². The van der Waals surface area contributed by atoms with Gasteiger partial charge in [0.05, 0.1) is 5.56 Å². The predicted molar refractivity (Wildman–Crippen MR) is 77.3 cm³/mol. The van der Waals surface area contributed by atoms with Crippen molar-refractivity contribution in [2.75, 3.05) is 25.0 Å². The molecule has 1 aliphatic rings. The highest BCUT2D eigenvalue weighted by molar-refractivity contribution is 5.95. The monoisotopic (exact) mass is 279 g/mol. The molecule has 1 saturated heterocycles. The molecule has 110 valence electrons. The van der Waals surface area contributed by atoms with Gasteiger partial charge in [0.15, 0.2) is 11.6 Å². The Balaban J connectivity index is 2.16. The summed E-state index contributed by atoms with van der Waals surface area (Å²) in [5.74, 6) is -0.599. The van der Waals surface area contributed by atoms with Crippen LogP contribution in [0.5, 0.6) is 0 Å². The molecule has 0 bridgehead atoms. The van der Waals surface area contributed by atoms with Crippen LogP contribution in [0.4, 0.5) is 10.2 Å². The first-order valence-electron chi connectivity index (χ1n) is 7.41. The molecule has 1 aliphatic heterocycles. The van der Waals surface area contributed by atoms with Gasteiger partial charge in [-0.1, -0.05) is 19.3 Å². The number of nitrogens with one attached hydrogen (secondary N) is 1. The number of amides is 1. The molecule has 0 saturated carbocycles. The highest BCUT2D eigenvalue weighted by atomic mass is 19.1. The van der Waals surface area contributed by atoms with Crippen LogP contribution in [0.15, 0.2) is 12.3 Å². The maximum atomic E-state index is 14.3. The van der Waals surface area contributed by atoms with E-state index in [0.717, 1.165) is 38.8 Å². The van der Waals surface area contributed by atoms with E-state index in [1.165, 1.54) is 18.7 Å². The van der Waals surface area contributed by atoms with Gasteiger partial charge in [-0.15, -0.1) is 0 Å². The molecule has 1 aromatic heterocycles. The lowest BCUT2D eigenvalue weighted by Gasteiger charge is -2.25. The molecular weight excluding hydrogens is 257 g/mol. The van der Waals surface area contributed by atoms with Gasteiger partial charge < -0.3 is 10.2 Å². The zero-order chi connectivity index (χ0) is 14.4. The lowest BCUT2D eigenvalue weighted by atomic mass is 10.1. The number of pyridine rings is 1. The van der Waals surface area contributed by atoms with Crippen molar-refractivity contribution < 1.29 is 9.18 Å². The summed E-state index contributed by atoms with van der Waals surface area (Å²) in [6.07, 6.45) is 7.00. The zero-order valence-corrected chi connectivity index (χ0v) is 12.0. The SMILES string of the molecule is CCNc1nccc(C(=O)N2CCCCCCC2)c1F. The molecule has 5 heteroatoms. The van der Waals surface area contributed by atoms with E-state index in [4.69, 9.17) is 0 Å². The summed E-state index contributed by atoms with van der Waals surface area (Å²) in [6, 6.07) is 1.47. The lowest BCUT2D eigenvalue weighted by Crippen LogP contribution is -2.34. The smallest absolute Gasteiger partial charge is 0.257 e. The maximum Gasteiger partial charge on any atom is 0.257 e. The van der Waals surface area contributed by atoms with Crippen molar-refractivity contribution in [3.63, 3.8) is 0 Å². The van der Waals surface area contributed by atoms with Crippen LogP contribution in [0.2, 0.25) is 0 Å². The second kappa shape index (κ2) is 7.22. The van der Waals surface area contributed by atoms with Crippen molar-refractivity contribution in [2.24, 2.45) is 0 Å². The first-order valence-corrected chi connectivity index (χ1v) is 7.41. The Hall–Kier alpha value is -1.65. The van der Waals surface area contributed by atoms with Crippen LogP contribution in [-0.4, -0.2) is 35.4 Å². The van der Waals surface area contributed by atoms with Gasteiger partial charge in [-0.05, 0) is 25.8 Å². The molecule has 2 rings (SSSR count). The Kier molecular flexibility index (Phi) is 5.32. The first kappa shape index (κ1) is 14.8. The van der Waals surface area contributed by atoms with Gasteiger partial charge >= 0.3 is 0 Å². The van der Waals surface area contributed by atoms with E-state index in [-0.39, 0.29) is 17.3 Å². The van der Waals surface area contributed by atoms with Crippen molar-refractivity contribution >= 4 is 11.7 Å². The number of hydrogen-bond donors (Lipinski definition) is 1. The van der Waals surface area contributed by atoms with Crippen LogP contribution in [0.1, 0.15) is 49.4 Å². The van der Waals surface area contributed by atoms with Crippen LogP contribution in [0.3, 0.4) is 0 Å². The van der Waals surface area contributed by atoms with Gasteiger partial charge in [0.25, 0.3) is 5.91 Å². The Morgan fingerprint density at radius 2 is 1.95 bits per heavy atom. The highest BCUT2D eigenvalue weighted by Crippen LogP contribution is 2.19. The van der Waals surface area contributed by atoms with E-state index in [9.17, 15) is 9.18 Å². The summed E-state index contributed by atoms with van der Waals surface area (Å²) in [5, 5.41) is 2.84. The summed E-state index contributed by atoms with van der Waals surface area (Å²) in [6.45, 7) is 3.88. The van der Waals surface area contributed by atoms with Gasteiger partial charge in [0, 0.05) is 25.8 Å². The molecule has 2 heterocycles. The summed E-state index contributed by atoms with van der Waals surface area (Å²) in [7, 11) is 0. The fourth-order valence-corrected chi connectivity index (χ4v) is 2.52. The third-order valence-electron chi connectivity index (χ3n) is 3.61. The van der Waals surface area contributed by atoms with Gasteiger partial charge in [0.1, 0.15) is 0 Å². The Labute approximate surface area is 119 Å². The third kappa shape index (κ3) is 3.46. The van der Waals surface area contributed by atoms with E-state index in [1.54, 1.807) is 4.90 Å². The molecule has 1 N–H and O–H groups in total. The minimum Gasteiger partial charge on any atom is -0.368 e. The Morgan fingerprint density at radius 3 is 2.60 bits per heavy atom. The minimum absolute atomic E-state index is 0.122. The summed E-state index contributed by atoms with van der Waals surface area (Å²) in [4.78, 5) is 18.2. The van der Waals surface area contributed by atoms with E-state index in [1.807, 2.05) is 6.92 Å². The first-order chi connectivity index (χ1) is 9.74. The van der Waals surface area contributed by atoms with Crippen molar-refractivity contribution in [3.8, 4) is 0 Å². The standard InChI is InChI=1S/C15H22FN3O/c1-2-17-14-13(16)12(8-9-18-14)15(20)19-10-6-4-3-5-7-11-19/h8-9H,2-7,10-11H2,1H3,(H,17,18). The molecule has 0 atom stereocenters. The molecule has 0 aromatic carbocycles. The number of halogens is 1. The third-order valence-corrected chi connectivity index (χ3v) is 3.61. The van der Waals surface area contributed by atoms with Crippen molar-refractivity contribution in [1.29, 1.82) is 0 Å². The van der Waals surface area contributed by atoms with Crippen LogP contribution < -0.4 is 5.32 Å². The second-order valence-corrected chi connectivity index (χ2v) is 5.11. The number of nitrogens with zero attached hydrogens (tertiary/aromatic N) is 2. The number of hydrogen-bond acceptors (Lipinski definition) is 3. The number of likely N-dealkylation sites (tertiary alicyclic amines) is 1. The molecule has 0 aliphatic carbocycles. The lowest BCUT2D eigenvalue weighted by molar-refractivity contribution is 0.0737. The van der Waals surface area contributed by atoms with Crippen LogP contribution >= 0.6 is 0 Å². The predicted octanol–water partition coefficient (Wildman–Crippen LogP) is 3.06. The second-order valence-electron chi connectivity index (χ2n) is 5.11. The van der Waals surface area contributed by atoms with Gasteiger partial charge in [-0.2, -0.15) is 0 Å². The van der Waals surface area contributed by atoms with Gasteiger partial charge in [0.2, 0.25) is 0 Å². The summed E-state index contributed by atoms with van der Waals surface area (Å²) in [5.41, 5.74) is 0.122. The maximum absolute atomic E-state index is 14.3. The Bertz CT molecular complexity index is 456. The van der Waals surface area contributed by atoms with Gasteiger partial charge in [-0.3, -0.25) is 4.79 Å². The molecule has 1 aromatic rings. The molecule has 1 fully saturated rings. The number of rotatable bonds is 3. The molecule has 0 unspecified atom stereocenters. The minimum atomic E-state index is -0.540. The van der Waals surface area contributed by atoms with E-state index in [0.29, 0.717) is 6.54 Å². The van der Waals surface area contributed by atoms with E-state index in [2.05, 4.69) is 10.3 Å². The molecule has 1 amide bonds. The molecule has 20 heavy (non-hydrogen) atoms. The van der Waals surface area contributed by atoms with Crippen LogP contribution in [-0.2, 0) is 0 Å². The molecule has 0 spiro atoms. The Morgan fingerprint density at radius 1 is 1.30 bits per heavy atom. The number of carbonyl (C=O) groups excluding carboxylic acids is 1. The van der Waals surface area contributed by atoms with Crippen LogP contribution in [0, 0.1) is 5.82 Å². The molecular formula is C15H22FN3O. The quantitative estimate of drug-likeness (QED) is 0.925. The average molecular weight is 279 g/mol. The van der Waals surface area contributed by atoms with Gasteiger partial charge in [-0.25, -0.2) is 9.37 Å². The fraction of sp³-hybridized carbons (Fsp3) is 0.600. The average Bonchev–Trinajstić information content (AvgIpc) is 2.40. The number of anilines is 1. The van der Waals surface area contributed by atoms with E-state index >= 15 is 0 Å². The highest BCUT2D eigenvalue weighted by Gasteiger charge is 2.21. The number of aromatic nitrogens is 1.